The molecule has 4 heteroatoms. The third-order valence-corrected chi connectivity index (χ3v) is 4.15. The van der Waals surface area contributed by atoms with Gasteiger partial charge in [-0.05, 0) is 35.9 Å². The monoisotopic (exact) mass is 269 g/mol. The van der Waals surface area contributed by atoms with Gasteiger partial charge in [0.05, 0.1) is 11.0 Å². The highest BCUT2D eigenvalue weighted by Crippen LogP contribution is 2.23. The van der Waals surface area contributed by atoms with Crippen LogP contribution in [0.2, 0.25) is 0 Å². The average Bonchev–Trinajstić information content (AvgIpc) is 2.97. The van der Waals surface area contributed by atoms with Crippen LogP contribution in [0, 0.1) is 0 Å². The van der Waals surface area contributed by atoms with Crippen LogP contribution in [-0.4, -0.2) is 9.97 Å². The van der Waals surface area contributed by atoms with Gasteiger partial charge in [0.15, 0.2) is 0 Å². The smallest absolute Gasteiger partial charge is 0.0934 e. The van der Waals surface area contributed by atoms with E-state index in [1.165, 1.54) is 4.88 Å². The Bertz CT molecular complexity index is 659. The molecule has 1 aromatic carbocycles. The van der Waals surface area contributed by atoms with Crippen LogP contribution < -0.4 is 5.73 Å². The molecule has 0 aliphatic carbocycles. The summed E-state index contributed by atoms with van der Waals surface area (Å²) in [5, 5.41) is 2.10. The van der Waals surface area contributed by atoms with Crippen LogP contribution in [0.15, 0.2) is 48.1 Å². The second-order valence-corrected chi connectivity index (χ2v) is 5.53. The molecule has 0 saturated heterocycles. The number of hydrogen-bond acceptors (Lipinski definition) is 4. The van der Waals surface area contributed by atoms with Crippen LogP contribution in [0.4, 0.5) is 0 Å². The van der Waals surface area contributed by atoms with Gasteiger partial charge in [0.1, 0.15) is 0 Å². The summed E-state index contributed by atoms with van der Waals surface area (Å²) >= 11 is 1.78. The molecule has 3 aromatic rings. The van der Waals surface area contributed by atoms with Crippen LogP contribution in [-0.2, 0) is 6.42 Å². The van der Waals surface area contributed by atoms with Crippen molar-refractivity contribution < 1.29 is 0 Å². The van der Waals surface area contributed by atoms with Crippen LogP contribution in [0.1, 0.15) is 22.9 Å². The number of fused-ring (bicyclic) bond motifs is 1. The van der Waals surface area contributed by atoms with Crippen molar-refractivity contribution in [2.24, 2.45) is 5.73 Å². The van der Waals surface area contributed by atoms with Gasteiger partial charge in [0.25, 0.3) is 0 Å². The van der Waals surface area contributed by atoms with E-state index in [0.29, 0.717) is 0 Å². The maximum absolute atomic E-state index is 6.31. The average molecular weight is 269 g/mol. The molecule has 96 valence electrons. The van der Waals surface area contributed by atoms with Gasteiger partial charge < -0.3 is 5.73 Å². The molecule has 2 aromatic heterocycles. The Morgan fingerprint density at radius 3 is 2.84 bits per heavy atom. The van der Waals surface area contributed by atoms with E-state index in [-0.39, 0.29) is 6.04 Å². The maximum atomic E-state index is 6.31. The zero-order valence-corrected chi connectivity index (χ0v) is 11.3. The molecule has 0 aliphatic rings. The second-order valence-electron chi connectivity index (χ2n) is 4.50. The molecule has 0 fully saturated rings. The summed E-state index contributed by atoms with van der Waals surface area (Å²) in [6, 6.07) is 10.3. The minimum atomic E-state index is 0.00231. The van der Waals surface area contributed by atoms with E-state index in [9.17, 15) is 0 Å². The minimum Gasteiger partial charge on any atom is -0.324 e. The Kier molecular flexibility index (Phi) is 3.53. The van der Waals surface area contributed by atoms with Crippen molar-refractivity contribution in [3.05, 3.63) is 58.5 Å². The molecule has 0 radical (unpaired) electrons. The second kappa shape index (κ2) is 5.47. The molecule has 0 saturated carbocycles. The normalized spacial score (nSPS) is 12.7. The maximum Gasteiger partial charge on any atom is 0.0934 e. The van der Waals surface area contributed by atoms with Crippen molar-refractivity contribution in [1.29, 1.82) is 0 Å². The van der Waals surface area contributed by atoms with E-state index in [1.807, 2.05) is 12.1 Å². The van der Waals surface area contributed by atoms with Gasteiger partial charge in [-0.3, -0.25) is 9.97 Å². The summed E-state index contributed by atoms with van der Waals surface area (Å²) in [4.78, 5) is 10.1. The quantitative estimate of drug-likeness (QED) is 0.790. The zero-order valence-electron chi connectivity index (χ0n) is 10.5. The summed E-state index contributed by atoms with van der Waals surface area (Å²) < 4.78 is 0. The van der Waals surface area contributed by atoms with Gasteiger partial charge in [-0.25, -0.2) is 0 Å². The van der Waals surface area contributed by atoms with E-state index < -0.39 is 0 Å². The minimum absolute atomic E-state index is 0.00231. The third kappa shape index (κ3) is 2.64. The fourth-order valence-electron chi connectivity index (χ4n) is 2.22. The first-order chi connectivity index (χ1) is 9.34. The molecule has 2 N–H and O–H groups in total. The number of nitrogens with zero attached hydrogens (tertiary/aromatic N) is 2. The van der Waals surface area contributed by atoms with Gasteiger partial charge in [0, 0.05) is 23.3 Å². The Hall–Kier alpha value is -1.78. The molecule has 0 bridgehead atoms. The zero-order chi connectivity index (χ0) is 13.1. The fourth-order valence-corrected chi connectivity index (χ4v) is 2.95. The third-order valence-electron chi connectivity index (χ3n) is 3.21. The SMILES string of the molecule is NC(CCc1cccs1)c1cccc2nccnc12. The number of nitrogens with two attached hydrogens (primary N) is 1. The predicted molar refractivity (Wildman–Crippen MR) is 79.1 cm³/mol. The fraction of sp³-hybridized carbons (Fsp3) is 0.200. The lowest BCUT2D eigenvalue weighted by molar-refractivity contribution is 0.659. The molecule has 1 unspecified atom stereocenters. The van der Waals surface area contributed by atoms with E-state index >= 15 is 0 Å². The standard InChI is InChI=1S/C15H15N3S/c16-13(7-6-11-3-2-10-19-11)12-4-1-5-14-15(12)18-9-8-17-14/h1-5,8-10,13H,6-7,16H2. The number of hydrogen-bond donors (Lipinski definition) is 1. The highest BCUT2D eigenvalue weighted by Gasteiger charge is 2.11. The molecule has 0 amide bonds. The lowest BCUT2D eigenvalue weighted by Crippen LogP contribution is -2.12. The molecule has 1 atom stereocenters. The van der Waals surface area contributed by atoms with Crippen molar-refractivity contribution in [2.75, 3.05) is 0 Å². The molecular weight excluding hydrogens is 254 g/mol. The van der Waals surface area contributed by atoms with Gasteiger partial charge in [-0.15, -0.1) is 11.3 Å². The van der Waals surface area contributed by atoms with E-state index in [2.05, 4.69) is 33.5 Å². The first-order valence-electron chi connectivity index (χ1n) is 6.32. The predicted octanol–water partition coefficient (Wildman–Crippen LogP) is 3.32. The Morgan fingerprint density at radius 2 is 2.00 bits per heavy atom. The van der Waals surface area contributed by atoms with E-state index in [0.717, 1.165) is 29.4 Å². The number of aromatic nitrogens is 2. The molecule has 19 heavy (non-hydrogen) atoms. The number of thiophene rings is 1. The van der Waals surface area contributed by atoms with Gasteiger partial charge in [-0.2, -0.15) is 0 Å². The van der Waals surface area contributed by atoms with Crippen molar-refractivity contribution in [3.63, 3.8) is 0 Å². The Balaban J connectivity index is 1.83. The number of benzene rings is 1. The first-order valence-corrected chi connectivity index (χ1v) is 7.20. The summed E-state index contributed by atoms with van der Waals surface area (Å²) in [5.41, 5.74) is 9.23. The van der Waals surface area contributed by atoms with Crippen LogP contribution in [0.25, 0.3) is 11.0 Å². The Morgan fingerprint density at radius 1 is 1.11 bits per heavy atom. The van der Waals surface area contributed by atoms with Gasteiger partial charge in [0.2, 0.25) is 0 Å². The number of para-hydroxylation sites is 1. The lowest BCUT2D eigenvalue weighted by Gasteiger charge is -2.13. The highest BCUT2D eigenvalue weighted by atomic mass is 32.1. The van der Waals surface area contributed by atoms with Gasteiger partial charge in [-0.1, -0.05) is 18.2 Å². The van der Waals surface area contributed by atoms with E-state index in [1.54, 1.807) is 23.7 Å². The lowest BCUT2D eigenvalue weighted by atomic mass is 10.0. The van der Waals surface area contributed by atoms with Crippen LogP contribution in [0.5, 0.6) is 0 Å². The topological polar surface area (TPSA) is 51.8 Å². The Labute approximate surface area is 116 Å². The summed E-state index contributed by atoms with van der Waals surface area (Å²) in [6.07, 6.45) is 5.37. The number of rotatable bonds is 4. The summed E-state index contributed by atoms with van der Waals surface area (Å²) in [6.45, 7) is 0. The van der Waals surface area contributed by atoms with Crippen LogP contribution in [0.3, 0.4) is 0 Å². The van der Waals surface area contributed by atoms with Crippen molar-refractivity contribution in [2.45, 2.75) is 18.9 Å². The molecule has 0 aliphatic heterocycles. The summed E-state index contributed by atoms with van der Waals surface area (Å²) in [7, 11) is 0. The van der Waals surface area contributed by atoms with Crippen molar-refractivity contribution >= 4 is 22.4 Å². The molecule has 0 spiro atoms. The highest BCUT2D eigenvalue weighted by molar-refractivity contribution is 7.09. The first kappa shape index (κ1) is 12.3. The summed E-state index contributed by atoms with van der Waals surface area (Å²) in [5.74, 6) is 0. The van der Waals surface area contributed by atoms with E-state index in [4.69, 9.17) is 5.73 Å². The molecule has 3 nitrogen and oxygen atoms in total. The van der Waals surface area contributed by atoms with Crippen molar-refractivity contribution in [3.8, 4) is 0 Å². The molecule has 3 rings (SSSR count). The largest absolute Gasteiger partial charge is 0.324 e. The van der Waals surface area contributed by atoms with Crippen LogP contribution >= 0.6 is 11.3 Å². The number of aryl methyl sites for hydroxylation is 1. The molecule has 2 heterocycles. The van der Waals surface area contributed by atoms with Crippen molar-refractivity contribution in [1.82, 2.24) is 9.97 Å². The molecular formula is C15H15N3S. The van der Waals surface area contributed by atoms with Gasteiger partial charge >= 0.3 is 0 Å².